The summed E-state index contributed by atoms with van der Waals surface area (Å²) >= 11 is 0. The molecule has 5 nitrogen and oxygen atoms in total. The molecular weight excluding hydrogens is 385 g/mol. The van der Waals surface area contributed by atoms with Crippen LogP contribution in [0.15, 0.2) is 84.4 Å². The van der Waals surface area contributed by atoms with Gasteiger partial charge in [0, 0.05) is 5.69 Å². The molecule has 6 heteroatoms. The molecule has 1 fully saturated rings. The van der Waals surface area contributed by atoms with E-state index >= 15 is 0 Å². The Morgan fingerprint density at radius 1 is 0.933 bits per heavy atom. The number of hydrogen-bond donors (Lipinski definition) is 1. The number of aliphatic hydroxyl groups excluding tert-OH is 1. The third-order valence-corrected chi connectivity index (χ3v) is 5.03. The number of para-hydroxylation sites is 1. The van der Waals surface area contributed by atoms with Gasteiger partial charge in [-0.3, -0.25) is 14.5 Å². The number of rotatable bonds is 4. The molecule has 0 bridgehead atoms. The van der Waals surface area contributed by atoms with Crippen molar-refractivity contribution in [2.24, 2.45) is 0 Å². The second kappa shape index (κ2) is 7.83. The van der Waals surface area contributed by atoms with Gasteiger partial charge in [0.1, 0.15) is 17.3 Å². The van der Waals surface area contributed by atoms with Crippen LogP contribution in [0.2, 0.25) is 0 Å². The smallest absolute Gasteiger partial charge is 0.300 e. The lowest BCUT2D eigenvalue weighted by molar-refractivity contribution is -0.132. The fourth-order valence-electron chi connectivity index (χ4n) is 3.64. The molecule has 1 saturated heterocycles. The summed E-state index contributed by atoms with van der Waals surface area (Å²) in [5.74, 6) is -2.04. The maximum absolute atomic E-state index is 13.4. The highest BCUT2D eigenvalue weighted by Gasteiger charge is 2.47. The first-order chi connectivity index (χ1) is 14.5. The number of benzene rings is 3. The van der Waals surface area contributed by atoms with Crippen molar-refractivity contribution in [3.8, 4) is 5.75 Å². The van der Waals surface area contributed by atoms with Gasteiger partial charge in [-0.05, 0) is 42.0 Å². The van der Waals surface area contributed by atoms with Crippen LogP contribution in [-0.4, -0.2) is 23.9 Å². The van der Waals surface area contributed by atoms with E-state index in [2.05, 4.69) is 0 Å². The van der Waals surface area contributed by atoms with Crippen molar-refractivity contribution in [1.29, 1.82) is 0 Å². The van der Waals surface area contributed by atoms with E-state index in [9.17, 15) is 19.1 Å². The molecule has 1 amide bonds. The SMILES string of the molecule is COc1ccccc1/C(O)=C1/C(=O)C(=O)N(c2ccc(F)cc2)C1c1ccccc1. The average molecular weight is 403 g/mol. The van der Waals surface area contributed by atoms with E-state index in [1.165, 1.54) is 36.3 Å². The molecule has 0 aromatic heterocycles. The lowest BCUT2D eigenvalue weighted by Crippen LogP contribution is -2.29. The van der Waals surface area contributed by atoms with Gasteiger partial charge >= 0.3 is 0 Å². The van der Waals surface area contributed by atoms with Crippen molar-refractivity contribution in [3.63, 3.8) is 0 Å². The van der Waals surface area contributed by atoms with Gasteiger partial charge in [-0.2, -0.15) is 0 Å². The van der Waals surface area contributed by atoms with E-state index in [0.717, 1.165) is 0 Å². The third kappa shape index (κ3) is 3.22. The first-order valence-electron chi connectivity index (χ1n) is 9.28. The first-order valence-corrected chi connectivity index (χ1v) is 9.28. The van der Waals surface area contributed by atoms with E-state index in [-0.39, 0.29) is 11.3 Å². The van der Waals surface area contributed by atoms with Crippen LogP contribution in [0.5, 0.6) is 5.75 Å². The molecule has 1 unspecified atom stereocenters. The van der Waals surface area contributed by atoms with Crippen molar-refractivity contribution >= 4 is 23.1 Å². The first kappa shape index (κ1) is 19.4. The van der Waals surface area contributed by atoms with Gasteiger partial charge in [-0.25, -0.2) is 4.39 Å². The van der Waals surface area contributed by atoms with Crippen LogP contribution in [0, 0.1) is 5.82 Å². The van der Waals surface area contributed by atoms with Gasteiger partial charge in [-0.15, -0.1) is 0 Å². The van der Waals surface area contributed by atoms with Crippen LogP contribution in [0.4, 0.5) is 10.1 Å². The summed E-state index contributed by atoms with van der Waals surface area (Å²) in [7, 11) is 1.46. The maximum atomic E-state index is 13.4. The molecule has 150 valence electrons. The summed E-state index contributed by atoms with van der Waals surface area (Å²) in [6.45, 7) is 0. The molecule has 3 aromatic rings. The van der Waals surface area contributed by atoms with Gasteiger partial charge in [0.2, 0.25) is 0 Å². The quantitative estimate of drug-likeness (QED) is 0.397. The summed E-state index contributed by atoms with van der Waals surface area (Å²) in [5, 5.41) is 11.1. The summed E-state index contributed by atoms with van der Waals surface area (Å²) in [5.41, 5.74) is 1.24. The highest BCUT2D eigenvalue weighted by molar-refractivity contribution is 6.51. The molecule has 1 N–H and O–H groups in total. The molecule has 1 aliphatic rings. The van der Waals surface area contributed by atoms with Gasteiger partial charge in [0.25, 0.3) is 11.7 Å². The lowest BCUT2D eigenvalue weighted by atomic mass is 9.95. The number of ether oxygens (including phenoxy) is 1. The number of amides is 1. The Labute approximate surface area is 172 Å². The highest BCUT2D eigenvalue weighted by Crippen LogP contribution is 2.43. The summed E-state index contributed by atoms with van der Waals surface area (Å²) in [4.78, 5) is 27.3. The van der Waals surface area contributed by atoms with Crippen LogP contribution < -0.4 is 9.64 Å². The predicted octanol–water partition coefficient (Wildman–Crippen LogP) is 4.46. The van der Waals surface area contributed by atoms with Crippen molar-refractivity contribution in [3.05, 3.63) is 101 Å². The zero-order chi connectivity index (χ0) is 21.3. The van der Waals surface area contributed by atoms with Crippen LogP contribution in [0.1, 0.15) is 17.2 Å². The predicted molar refractivity (Wildman–Crippen MR) is 111 cm³/mol. The second-order valence-electron chi connectivity index (χ2n) is 6.76. The highest BCUT2D eigenvalue weighted by atomic mass is 19.1. The van der Waals surface area contributed by atoms with Crippen molar-refractivity contribution in [1.82, 2.24) is 0 Å². The maximum Gasteiger partial charge on any atom is 0.300 e. The van der Waals surface area contributed by atoms with E-state index in [1.807, 2.05) is 6.07 Å². The minimum atomic E-state index is -0.874. The second-order valence-corrected chi connectivity index (χ2v) is 6.76. The fourth-order valence-corrected chi connectivity index (χ4v) is 3.64. The molecule has 0 aliphatic carbocycles. The lowest BCUT2D eigenvalue weighted by Gasteiger charge is -2.25. The normalized spacial score (nSPS) is 17.9. The van der Waals surface area contributed by atoms with Gasteiger partial charge < -0.3 is 9.84 Å². The number of methoxy groups -OCH3 is 1. The molecule has 30 heavy (non-hydrogen) atoms. The van der Waals surface area contributed by atoms with E-state index in [4.69, 9.17) is 4.74 Å². The molecule has 0 saturated carbocycles. The minimum absolute atomic E-state index is 0.0555. The summed E-state index contributed by atoms with van der Waals surface area (Å²) in [6, 6.07) is 20.0. The Balaban J connectivity index is 1.96. The van der Waals surface area contributed by atoms with E-state index < -0.39 is 23.5 Å². The van der Waals surface area contributed by atoms with Gasteiger partial charge in [0.05, 0.1) is 24.3 Å². The Morgan fingerprint density at radius 2 is 1.57 bits per heavy atom. The Hall–Kier alpha value is -3.93. The number of Topliss-reactive ketones (excluding diaryl/α,β-unsaturated/α-hetero) is 1. The monoisotopic (exact) mass is 403 g/mol. The van der Waals surface area contributed by atoms with Crippen LogP contribution in [-0.2, 0) is 9.59 Å². The molecule has 1 heterocycles. The average Bonchev–Trinajstić information content (AvgIpc) is 3.05. The fraction of sp³-hybridized carbons (Fsp3) is 0.0833. The van der Waals surface area contributed by atoms with Crippen LogP contribution >= 0.6 is 0 Å². The largest absolute Gasteiger partial charge is 0.507 e. The molecule has 1 atom stereocenters. The van der Waals surface area contributed by atoms with E-state index in [1.54, 1.807) is 48.5 Å². The standard InChI is InChI=1S/C24H18FNO4/c1-30-19-10-6-5-9-18(19)22(27)20-21(15-7-3-2-4-8-15)26(24(29)23(20)28)17-13-11-16(25)12-14-17/h2-14,21,27H,1H3/b22-20-. The topological polar surface area (TPSA) is 66.8 Å². The Kier molecular flexibility index (Phi) is 5.06. The number of carbonyl (C=O) groups is 2. The van der Waals surface area contributed by atoms with Gasteiger partial charge in [0.15, 0.2) is 0 Å². The van der Waals surface area contributed by atoms with Crippen LogP contribution in [0.25, 0.3) is 5.76 Å². The zero-order valence-electron chi connectivity index (χ0n) is 16.1. The minimum Gasteiger partial charge on any atom is -0.507 e. The third-order valence-electron chi connectivity index (χ3n) is 5.03. The zero-order valence-corrected chi connectivity index (χ0v) is 16.1. The van der Waals surface area contributed by atoms with Gasteiger partial charge in [-0.1, -0.05) is 42.5 Å². The van der Waals surface area contributed by atoms with E-state index in [0.29, 0.717) is 22.6 Å². The number of hydrogen-bond acceptors (Lipinski definition) is 4. The number of halogens is 1. The molecule has 0 spiro atoms. The summed E-state index contributed by atoms with van der Waals surface area (Å²) in [6.07, 6.45) is 0. The number of anilines is 1. The number of nitrogens with zero attached hydrogens (tertiary/aromatic N) is 1. The number of aliphatic hydroxyl groups is 1. The molecule has 4 rings (SSSR count). The Bertz CT molecular complexity index is 1140. The van der Waals surface area contributed by atoms with Crippen LogP contribution in [0.3, 0.4) is 0 Å². The summed E-state index contributed by atoms with van der Waals surface area (Å²) < 4.78 is 18.8. The van der Waals surface area contributed by atoms with Crippen molar-refractivity contribution < 1.29 is 23.8 Å². The van der Waals surface area contributed by atoms with Crippen molar-refractivity contribution in [2.45, 2.75) is 6.04 Å². The molecule has 0 radical (unpaired) electrons. The molecule has 3 aromatic carbocycles. The number of ketones is 1. The Morgan fingerprint density at radius 3 is 2.23 bits per heavy atom. The molecular formula is C24H18FNO4. The van der Waals surface area contributed by atoms with Crippen molar-refractivity contribution in [2.75, 3.05) is 12.0 Å². The number of carbonyl (C=O) groups excluding carboxylic acids is 2. The molecule has 1 aliphatic heterocycles.